The quantitative estimate of drug-likeness (QED) is 0.894. The smallest absolute Gasteiger partial charge is 0.223 e. The predicted molar refractivity (Wildman–Crippen MR) is 77.5 cm³/mol. The number of nitrogens with zero attached hydrogens (tertiary/aromatic N) is 3. The zero-order chi connectivity index (χ0) is 13.2. The van der Waals surface area contributed by atoms with Gasteiger partial charge in [-0.3, -0.25) is 0 Å². The van der Waals surface area contributed by atoms with Crippen molar-refractivity contribution in [1.82, 2.24) is 9.97 Å². The average Bonchev–Trinajstić information content (AvgIpc) is 2.45. The zero-order valence-corrected chi connectivity index (χ0v) is 11.3. The molecule has 0 saturated carbocycles. The highest BCUT2D eigenvalue weighted by Crippen LogP contribution is 2.34. The summed E-state index contributed by atoms with van der Waals surface area (Å²) in [6, 6.07) is 8.80. The van der Waals surface area contributed by atoms with Gasteiger partial charge in [-0.05, 0) is 30.5 Å². The fraction of sp³-hybridized carbons (Fsp3) is 0.333. The Hall–Kier alpha value is -2.10. The van der Waals surface area contributed by atoms with E-state index in [9.17, 15) is 0 Å². The highest BCUT2D eigenvalue weighted by atomic mass is 15.2. The molecule has 1 unspecified atom stereocenters. The van der Waals surface area contributed by atoms with Crippen molar-refractivity contribution >= 4 is 11.6 Å². The molecule has 1 aromatic heterocycles. The molecule has 1 aliphatic rings. The third-order valence-electron chi connectivity index (χ3n) is 3.56. The molecule has 1 aromatic carbocycles. The zero-order valence-electron chi connectivity index (χ0n) is 11.3. The number of aromatic nitrogens is 2. The number of para-hydroxylation sites is 1. The van der Waals surface area contributed by atoms with Crippen LogP contribution in [0.4, 0.5) is 11.6 Å². The van der Waals surface area contributed by atoms with Gasteiger partial charge in [-0.25, -0.2) is 9.97 Å². The first-order chi connectivity index (χ1) is 9.24. The van der Waals surface area contributed by atoms with Crippen molar-refractivity contribution in [1.29, 1.82) is 0 Å². The van der Waals surface area contributed by atoms with Crippen LogP contribution in [-0.2, 0) is 0 Å². The van der Waals surface area contributed by atoms with E-state index in [1.165, 1.54) is 11.3 Å². The molecule has 2 heterocycles. The average molecular weight is 254 g/mol. The Morgan fingerprint density at radius 2 is 1.95 bits per heavy atom. The topological polar surface area (TPSA) is 41.1 Å². The molecule has 98 valence electrons. The Morgan fingerprint density at radius 3 is 2.74 bits per heavy atom. The maximum absolute atomic E-state index is 4.33. The van der Waals surface area contributed by atoms with E-state index in [1.807, 2.05) is 19.3 Å². The van der Waals surface area contributed by atoms with E-state index >= 15 is 0 Å². The molecule has 0 bridgehead atoms. The molecule has 0 fully saturated rings. The number of hydrogen-bond donors (Lipinski definition) is 1. The Balaban J connectivity index is 1.86. The summed E-state index contributed by atoms with van der Waals surface area (Å²) in [7, 11) is 2.14. The van der Waals surface area contributed by atoms with Crippen LogP contribution in [0.3, 0.4) is 0 Å². The largest absolute Gasteiger partial charge is 0.374 e. The van der Waals surface area contributed by atoms with Crippen LogP contribution in [0.25, 0.3) is 0 Å². The minimum atomic E-state index is 0.287. The molecular weight excluding hydrogens is 236 g/mol. The lowest BCUT2D eigenvalue weighted by atomic mass is 9.97. The van der Waals surface area contributed by atoms with Gasteiger partial charge in [0.05, 0.1) is 6.04 Å². The Bertz CT molecular complexity index is 565. The summed E-state index contributed by atoms with van der Waals surface area (Å²) in [5.74, 6) is 0.704. The van der Waals surface area contributed by atoms with Crippen LogP contribution in [0, 0.1) is 6.92 Å². The molecule has 2 aromatic rings. The maximum Gasteiger partial charge on any atom is 0.223 e. The molecule has 0 spiro atoms. The molecule has 0 amide bonds. The summed E-state index contributed by atoms with van der Waals surface area (Å²) in [5, 5.41) is 3.44. The van der Waals surface area contributed by atoms with E-state index in [-0.39, 0.29) is 6.04 Å². The maximum atomic E-state index is 4.33. The van der Waals surface area contributed by atoms with E-state index in [0.717, 1.165) is 18.5 Å². The van der Waals surface area contributed by atoms with Crippen LogP contribution < -0.4 is 10.2 Å². The normalized spacial score (nSPS) is 18.0. The summed E-state index contributed by atoms with van der Waals surface area (Å²) >= 11 is 0. The highest BCUT2D eigenvalue weighted by molar-refractivity contribution is 5.58. The molecule has 1 N–H and O–H groups in total. The van der Waals surface area contributed by atoms with Gasteiger partial charge in [0.1, 0.15) is 0 Å². The Labute approximate surface area is 113 Å². The summed E-state index contributed by atoms with van der Waals surface area (Å²) in [5.41, 5.74) is 3.69. The second kappa shape index (κ2) is 4.88. The molecule has 4 nitrogen and oxygen atoms in total. The lowest BCUT2D eigenvalue weighted by Crippen LogP contribution is -2.30. The molecule has 1 aliphatic heterocycles. The summed E-state index contributed by atoms with van der Waals surface area (Å²) in [6.45, 7) is 3.04. The summed E-state index contributed by atoms with van der Waals surface area (Å²) < 4.78 is 0. The lowest BCUT2D eigenvalue weighted by molar-refractivity contribution is 0.643. The van der Waals surface area contributed by atoms with Crippen molar-refractivity contribution in [3.63, 3.8) is 0 Å². The predicted octanol–water partition coefficient (Wildman–Crippen LogP) is 2.78. The molecule has 0 radical (unpaired) electrons. The van der Waals surface area contributed by atoms with Gasteiger partial charge < -0.3 is 10.2 Å². The van der Waals surface area contributed by atoms with Crippen LogP contribution in [-0.4, -0.2) is 23.6 Å². The van der Waals surface area contributed by atoms with Gasteiger partial charge in [0.25, 0.3) is 0 Å². The van der Waals surface area contributed by atoms with Crippen molar-refractivity contribution in [2.24, 2.45) is 0 Å². The number of fused-ring (bicyclic) bond motifs is 1. The fourth-order valence-corrected chi connectivity index (χ4v) is 2.50. The van der Waals surface area contributed by atoms with E-state index in [0.29, 0.717) is 5.95 Å². The lowest BCUT2D eigenvalue weighted by Gasteiger charge is -2.33. The fourth-order valence-electron chi connectivity index (χ4n) is 2.50. The van der Waals surface area contributed by atoms with Crippen molar-refractivity contribution in [2.75, 3.05) is 23.8 Å². The van der Waals surface area contributed by atoms with Crippen molar-refractivity contribution in [3.05, 3.63) is 47.8 Å². The van der Waals surface area contributed by atoms with Crippen molar-refractivity contribution in [2.45, 2.75) is 19.4 Å². The second-order valence-corrected chi connectivity index (χ2v) is 5.05. The van der Waals surface area contributed by atoms with Gasteiger partial charge in [0, 0.05) is 31.7 Å². The van der Waals surface area contributed by atoms with Crippen LogP contribution in [0.1, 0.15) is 23.6 Å². The number of rotatable bonds is 2. The standard InChI is InChI=1S/C15H18N4/c1-11-9-16-15(17-10-11)18-13-7-8-19(2)14-6-4-3-5-12(13)14/h3-6,9-10,13H,7-8H2,1-2H3,(H,16,17,18). The van der Waals surface area contributed by atoms with Crippen molar-refractivity contribution < 1.29 is 0 Å². The van der Waals surface area contributed by atoms with Crippen LogP contribution >= 0.6 is 0 Å². The monoisotopic (exact) mass is 254 g/mol. The van der Waals surface area contributed by atoms with Gasteiger partial charge in [0.15, 0.2) is 0 Å². The molecular formula is C15H18N4. The van der Waals surface area contributed by atoms with E-state index in [1.54, 1.807) is 0 Å². The van der Waals surface area contributed by atoms with E-state index < -0.39 is 0 Å². The summed E-state index contributed by atoms with van der Waals surface area (Å²) in [4.78, 5) is 11.0. The molecule has 3 rings (SSSR count). The third-order valence-corrected chi connectivity index (χ3v) is 3.56. The minimum absolute atomic E-state index is 0.287. The number of anilines is 2. The third kappa shape index (κ3) is 2.38. The molecule has 1 atom stereocenters. The first kappa shape index (κ1) is 12.0. The molecule has 19 heavy (non-hydrogen) atoms. The number of aryl methyl sites for hydroxylation is 1. The number of benzene rings is 1. The van der Waals surface area contributed by atoms with Gasteiger partial charge in [-0.15, -0.1) is 0 Å². The second-order valence-electron chi connectivity index (χ2n) is 5.05. The van der Waals surface area contributed by atoms with Gasteiger partial charge in [-0.2, -0.15) is 0 Å². The van der Waals surface area contributed by atoms with Gasteiger partial charge in [0.2, 0.25) is 5.95 Å². The molecule has 0 saturated heterocycles. The Morgan fingerprint density at radius 1 is 1.21 bits per heavy atom. The number of hydrogen-bond acceptors (Lipinski definition) is 4. The first-order valence-corrected chi connectivity index (χ1v) is 6.59. The van der Waals surface area contributed by atoms with Crippen molar-refractivity contribution in [3.8, 4) is 0 Å². The van der Waals surface area contributed by atoms with Crippen LogP contribution in [0.2, 0.25) is 0 Å². The summed E-state index contributed by atoms with van der Waals surface area (Å²) in [6.07, 6.45) is 4.75. The molecule has 0 aliphatic carbocycles. The molecule has 4 heteroatoms. The minimum Gasteiger partial charge on any atom is -0.374 e. The SMILES string of the molecule is Cc1cnc(NC2CCN(C)c3ccccc32)nc1. The first-order valence-electron chi connectivity index (χ1n) is 6.59. The highest BCUT2D eigenvalue weighted by Gasteiger charge is 2.23. The number of nitrogens with one attached hydrogen (secondary N) is 1. The van der Waals surface area contributed by atoms with E-state index in [4.69, 9.17) is 0 Å². The van der Waals surface area contributed by atoms with E-state index in [2.05, 4.69) is 51.5 Å². The van der Waals surface area contributed by atoms with Crippen LogP contribution in [0.5, 0.6) is 0 Å². The van der Waals surface area contributed by atoms with Gasteiger partial charge >= 0.3 is 0 Å². The van der Waals surface area contributed by atoms with Gasteiger partial charge in [-0.1, -0.05) is 18.2 Å². The Kier molecular flexibility index (Phi) is 3.07. The van der Waals surface area contributed by atoms with Crippen LogP contribution in [0.15, 0.2) is 36.7 Å².